The summed E-state index contributed by atoms with van der Waals surface area (Å²) in [6, 6.07) is 6.44. The van der Waals surface area contributed by atoms with Crippen molar-refractivity contribution in [3.63, 3.8) is 0 Å². The van der Waals surface area contributed by atoms with E-state index in [1.54, 1.807) is 6.07 Å². The van der Waals surface area contributed by atoms with E-state index in [0.29, 0.717) is 18.3 Å². The predicted octanol–water partition coefficient (Wildman–Crippen LogP) is 2.35. The van der Waals surface area contributed by atoms with E-state index < -0.39 is 4.92 Å². The smallest absolute Gasteiger partial charge is 0.273 e. The van der Waals surface area contributed by atoms with Gasteiger partial charge in [-0.2, -0.15) is 0 Å². The van der Waals surface area contributed by atoms with Gasteiger partial charge in [0.05, 0.1) is 11.0 Å². The van der Waals surface area contributed by atoms with Gasteiger partial charge in [-0.1, -0.05) is 25.3 Å². The monoisotopic (exact) mass is 335 g/mol. The molecular weight excluding hydrogens is 310 g/mol. The maximum absolute atomic E-state index is 11.8. The first kappa shape index (κ1) is 18.2. The molecule has 24 heavy (non-hydrogen) atoms. The molecule has 7 nitrogen and oxygen atoms in total. The van der Waals surface area contributed by atoms with Crippen LogP contribution in [0.5, 0.6) is 5.75 Å². The largest absolute Gasteiger partial charge is 0.484 e. The van der Waals surface area contributed by atoms with E-state index in [1.807, 2.05) is 0 Å². The van der Waals surface area contributed by atoms with Gasteiger partial charge in [0.15, 0.2) is 6.61 Å². The van der Waals surface area contributed by atoms with Gasteiger partial charge in [0, 0.05) is 25.2 Å². The SMILES string of the molecule is CN(CCNC(=O)COc1cccc([N+](=O)[O-])c1)C1CCCCC1. The number of nitro groups is 1. The standard InChI is InChI=1S/C17H25N3O4/c1-19(14-6-3-2-4-7-14)11-10-18-17(21)13-24-16-9-5-8-15(12-16)20(22)23/h5,8-9,12,14H,2-4,6-7,10-11,13H2,1H3,(H,18,21). The van der Waals surface area contributed by atoms with Gasteiger partial charge in [0.2, 0.25) is 0 Å². The minimum Gasteiger partial charge on any atom is -0.484 e. The number of amides is 1. The highest BCUT2D eigenvalue weighted by molar-refractivity contribution is 5.77. The molecule has 2 rings (SSSR count). The maximum atomic E-state index is 11.8. The second-order valence-electron chi connectivity index (χ2n) is 6.17. The molecule has 0 heterocycles. The second-order valence-corrected chi connectivity index (χ2v) is 6.17. The first-order valence-electron chi connectivity index (χ1n) is 8.40. The number of carbonyl (C=O) groups is 1. The molecule has 1 saturated carbocycles. The number of rotatable bonds is 8. The number of nitrogens with zero attached hydrogens (tertiary/aromatic N) is 2. The zero-order valence-electron chi connectivity index (χ0n) is 14.1. The van der Waals surface area contributed by atoms with Crippen molar-refractivity contribution in [2.45, 2.75) is 38.1 Å². The Kier molecular flexibility index (Phi) is 6.99. The van der Waals surface area contributed by atoms with E-state index in [1.165, 1.54) is 50.3 Å². The number of nitro benzene ring substituents is 1. The number of benzene rings is 1. The van der Waals surface area contributed by atoms with Gasteiger partial charge < -0.3 is 15.0 Å². The fraction of sp³-hybridized carbons (Fsp3) is 0.588. The maximum Gasteiger partial charge on any atom is 0.273 e. The highest BCUT2D eigenvalue weighted by Gasteiger charge is 2.17. The molecule has 0 atom stereocenters. The Hall–Kier alpha value is -2.15. The summed E-state index contributed by atoms with van der Waals surface area (Å²) < 4.78 is 5.30. The van der Waals surface area contributed by atoms with Crippen molar-refractivity contribution in [2.24, 2.45) is 0 Å². The molecule has 0 aromatic heterocycles. The number of carbonyl (C=O) groups excluding carboxylic acids is 1. The van der Waals surface area contributed by atoms with Crippen LogP contribution in [0.1, 0.15) is 32.1 Å². The molecule has 1 aliphatic rings. The van der Waals surface area contributed by atoms with Gasteiger partial charge in [0.1, 0.15) is 5.75 Å². The molecular formula is C17H25N3O4. The van der Waals surface area contributed by atoms with Gasteiger partial charge in [0.25, 0.3) is 11.6 Å². The van der Waals surface area contributed by atoms with Gasteiger partial charge in [-0.3, -0.25) is 14.9 Å². The van der Waals surface area contributed by atoms with Crippen molar-refractivity contribution in [2.75, 3.05) is 26.7 Å². The number of ether oxygens (including phenoxy) is 1. The van der Waals surface area contributed by atoms with Crippen LogP contribution in [-0.4, -0.2) is 48.5 Å². The number of hydrogen-bond acceptors (Lipinski definition) is 5. The zero-order valence-corrected chi connectivity index (χ0v) is 14.1. The van der Waals surface area contributed by atoms with E-state index >= 15 is 0 Å². The second kappa shape index (κ2) is 9.22. The van der Waals surface area contributed by atoms with Crippen molar-refractivity contribution in [3.8, 4) is 5.75 Å². The summed E-state index contributed by atoms with van der Waals surface area (Å²) in [7, 11) is 2.10. The Morgan fingerprint density at radius 2 is 2.12 bits per heavy atom. The molecule has 0 bridgehead atoms. The van der Waals surface area contributed by atoms with Crippen LogP contribution >= 0.6 is 0 Å². The topological polar surface area (TPSA) is 84.7 Å². The predicted molar refractivity (Wildman–Crippen MR) is 91.1 cm³/mol. The Morgan fingerprint density at radius 1 is 1.38 bits per heavy atom. The molecule has 1 fully saturated rings. The van der Waals surface area contributed by atoms with Crippen LogP contribution in [0.3, 0.4) is 0 Å². The Morgan fingerprint density at radius 3 is 2.83 bits per heavy atom. The molecule has 0 aliphatic heterocycles. The van der Waals surface area contributed by atoms with Crippen molar-refractivity contribution in [1.82, 2.24) is 10.2 Å². The third-order valence-electron chi connectivity index (χ3n) is 4.38. The summed E-state index contributed by atoms with van der Waals surface area (Å²) in [4.78, 5) is 24.3. The first-order valence-corrected chi connectivity index (χ1v) is 8.40. The highest BCUT2D eigenvalue weighted by atomic mass is 16.6. The van der Waals surface area contributed by atoms with Gasteiger partial charge >= 0.3 is 0 Å². The van der Waals surface area contributed by atoms with E-state index in [0.717, 1.165) is 6.54 Å². The molecule has 0 saturated heterocycles. The number of likely N-dealkylation sites (N-methyl/N-ethyl adjacent to an activating group) is 1. The summed E-state index contributed by atoms with van der Waals surface area (Å²) in [5, 5.41) is 13.5. The Balaban J connectivity index is 1.66. The zero-order chi connectivity index (χ0) is 17.4. The fourth-order valence-electron chi connectivity index (χ4n) is 2.96. The lowest BCUT2D eigenvalue weighted by Gasteiger charge is -2.31. The van der Waals surface area contributed by atoms with Crippen molar-refractivity contribution in [1.29, 1.82) is 0 Å². The fourth-order valence-corrected chi connectivity index (χ4v) is 2.96. The van der Waals surface area contributed by atoms with Gasteiger partial charge in [-0.15, -0.1) is 0 Å². The third-order valence-corrected chi connectivity index (χ3v) is 4.38. The average molecular weight is 335 g/mol. The van der Waals surface area contributed by atoms with Crippen LogP contribution in [-0.2, 0) is 4.79 Å². The molecule has 7 heteroatoms. The number of nitrogens with one attached hydrogen (secondary N) is 1. The average Bonchev–Trinajstić information content (AvgIpc) is 2.61. The van der Waals surface area contributed by atoms with Crippen LogP contribution in [0.4, 0.5) is 5.69 Å². The summed E-state index contributed by atoms with van der Waals surface area (Å²) in [6.45, 7) is 1.24. The van der Waals surface area contributed by atoms with Crippen LogP contribution < -0.4 is 10.1 Å². The first-order chi connectivity index (χ1) is 11.6. The molecule has 132 valence electrons. The number of non-ortho nitro benzene ring substituents is 1. The molecule has 1 N–H and O–H groups in total. The van der Waals surface area contributed by atoms with Crippen LogP contribution in [0.2, 0.25) is 0 Å². The minimum atomic E-state index is -0.492. The lowest BCUT2D eigenvalue weighted by Crippen LogP contribution is -2.40. The summed E-state index contributed by atoms with van der Waals surface area (Å²) in [5.41, 5.74) is -0.0537. The van der Waals surface area contributed by atoms with Gasteiger partial charge in [-0.25, -0.2) is 0 Å². The lowest BCUT2D eigenvalue weighted by molar-refractivity contribution is -0.384. The molecule has 1 aliphatic carbocycles. The van der Waals surface area contributed by atoms with Crippen LogP contribution in [0.15, 0.2) is 24.3 Å². The molecule has 1 aromatic rings. The number of hydrogen-bond donors (Lipinski definition) is 1. The summed E-state index contributed by atoms with van der Waals surface area (Å²) in [5.74, 6) is 0.0947. The normalized spacial score (nSPS) is 15.2. The molecule has 1 aromatic carbocycles. The van der Waals surface area contributed by atoms with Crippen LogP contribution in [0, 0.1) is 10.1 Å². The van der Waals surface area contributed by atoms with Crippen molar-refractivity contribution in [3.05, 3.63) is 34.4 Å². The summed E-state index contributed by atoms with van der Waals surface area (Å²) >= 11 is 0. The van der Waals surface area contributed by atoms with Crippen molar-refractivity contribution >= 4 is 11.6 Å². The molecule has 0 unspecified atom stereocenters. The molecule has 1 amide bonds. The quantitative estimate of drug-likeness (QED) is 0.582. The minimum absolute atomic E-state index is 0.0537. The van der Waals surface area contributed by atoms with Gasteiger partial charge in [-0.05, 0) is 26.0 Å². The van der Waals surface area contributed by atoms with Crippen LogP contribution in [0.25, 0.3) is 0 Å². The molecule has 0 radical (unpaired) electrons. The van der Waals surface area contributed by atoms with E-state index in [2.05, 4.69) is 17.3 Å². The van der Waals surface area contributed by atoms with E-state index in [4.69, 9.17) is 4.74 Å². The third kappa shape index (κ3) is 5.81. The highest BCUT2D eigenvalue weighted by Crippen LogP contribution is 2.21. The summed E-state index contributed by atoms with van der Waals surface area (Å²) in [6.07, 6.45) is 6.38. The van der Waals surface area contributed by atoms with E-state index in [9.17, 15) is 14.9 Å². The van der Waals surface area contributed by atoms with E-state index in [-0.39, 0.29) is 18.2 Å². The Bertz CT molecular complexity index is 559. The molecule has 0 spiro atoms. The Labute approximate surface area is 142 Å². The lowest BCUT2D eigenvalue weighted by atomic mass is 9.94. The van der Waals surface area contributed by atoms with Crippen molar-refractivity contribution < 1.29 is 14.5 Å².